The summed E-state index contributed by atoms with van der Waals surface area (Å²) in [7, 11) is 0. The Kier molecular flexibility index (Phi) is 8.10. The molecule has 0 fully saturated rings. The first-order valence-corrected chi connectivity index (χ1v) is 24.4. The lowest BCUT2D eigenvalue weighted by atomic mass is 9.89. The van der Waals surface area contributed by atoms with Crippen molar-refractivity contribution in [3.05, 3.63) is 225 Å². The third-order valence-corrected chi connectivity index (χ3v) is 15.2. The number of hydrogen-bond acceptors (Lipinski definition) is 5. The standard InChI is InChI=1S/C67H37N5/c1-3-13-53-51(11-1)57-17-5-15-55-49(23-25-59(53)63(55)57)46-33-47(50-24-26-60-54-14-4-2-12-52(54)58-18-6-16-56(50)64(58)60)35-48(34-46)67-71-65(42-21-19-38-29-40-9-7-27-68-61(40)36-44(38)31-42)70-66(72-67)43-22-20-39-30-41-10-8-28-69-62(41)37-45(39)32-43/h1-37H. The second-order valence-electron chi connectivity index (χ2n) is 19.2. The van der Waals surface area contributed by atoms with E-state index in [0.29, 0.717) is 17.5 Å². The predicted molar refractivity (Wildman–Crippen MR) is 296 cm³/mol. The summed E-state index contributed by atoms with van der Waals surface area (Å²) in [6.45, 7) is 0. The minimum atomic E-state index is 0.593. The number of pyridine rings is 2. The van der Waals surface area contributed by atoms with E-state index in [4.69, 9.17) is 24.9 Å². The number of aromatic nitrogens is 5. The second-order valence-corrected chi connectivity index (χ2v) is 19.2. The summed E-state index contributed by atoms with van der Waals surface area (Å²) in [6.07, 6.45) is 3.69. The summed E-state index contributed by atoms with van der Waals surface area (Å²) in [4.78, 5) is 25.6. The third-order valence-electron chi connectivity index (χ3n) is 15.2. The van der Waals surface area contributed by atoms with Gasteiger partial charge in [0.2, 0.25) is 0 Å². The van der Waals surface area contributed by atoms with E-state index in [0.717, 1.165) is 82.3 Å². The van der Waals surface area contributed by atoms with Crippen LogP contribution in [-0.2, 0) is 0 Å². The highest BCUT2D eigenvalue weighted by Crippen LogP contribution is 2.52. The molecular formula is C67H37N5. The number of benzene rings is 11. The van der Waals surface area contributed by atoms with Gasteiger partial charge in [-0.15, -0.1) is 0 Å². The van der Waals surface area contributed by atoms with E-state index < -0.39 is 0 Å². The van der Waals surface area contributed by atoms with Gasteiger partial charge in [-0.1, -0.05) is 146 Å². The molecule has 5 heteroatoms. The van der Waals surface area contributed by atoms with Gasteiger partial charge in [-0.25, -0.2) is 15.0 Å². The normalized spacial score (nSPS) is 12.2. The highest BCUT2D eigenvalue weighted by atomic mass is 15.0. The van der Waals surface area contributed by atoms with E-state index in [1.807, 2.05) is 24.5 Å². The molecule has 2 aliphatic carbocycles. The molecule has 0 N–H and O–H groups in total. The van der Waals surface area contributed by atoms with E-state index in [-0.39, 0.29) is 0 Å². The van der Waals surface area contributed by atoms with Gasteiger partial charge < -0.3 is 0 Å². The van der Waals surface area contributed by atoms with E-state index in [1.165, 1.54) is 66.1 Å². The Balaban J connectivity index is 0.950. The van der Waals surface area contributed by atoms with Crippen LogP contribution < -0.4 is 0 Å². The van der Waals surface area contributed by atoms with Crippen molar-refractivity contribution in [1.29, 1.82) is 0 Å². The van der Waals surface area contributed by atoms with Gasteiger partial charge in [0.1, 0.15) is 0 Å². The number of hydrogen-bond donors (Lipinski definition) is 0. The van der Waals surface area contributed by atoms with E-state index in [1.54, 1.807) is 0 Å². The molecule has 3 heterocycles. The minimum Gasteiger partial charge on any atom is -0.256 e. The van der Waals surface area contributed by atoms with Crippen LogP contribution in [0.15, 0.2) is 225 Å². The molecule has 0 spiro atoms. The molecule has 11 aromatic carbocycles. The smallest absolute Gasteiger partial charge is 0.164 e. The summed E-state index contributed by atoms with van der Waals surface area (Å²) in [5.41, 5.74) is 19.3. The first-order valence-electron chi connectivity index (χ1n) is 24.4. The van der Waals surface area contributed by atoms with E-state index in [9.17, 15) is 0 Å². The third kappa shape index (κ3) is 5.85. The average Bonchev–Trinajstić information content (AvgIpc) is 3.95. The fourth-order valence-electron chi connectivity index (χ4n) is 11.9. The van der Waals surface area contributed by atoms with Gasteiger partial charge in [-0.2, -0.15) is 0 Å². The van der Waals surface area contributed by atoms with Gasteiger partial charge in [-0.05, 0) is 177 Å². The molecule has 0 saturated heterocycles. The maximum Gasteiger partial charge on any atom is 0.164 e. The van der Waals surface area contributed by atoms with Gasteiger partial charge in [0.25, 0.3) is 0 Å². The van der Waals surface area contributed by atoms with Gasteiger partial charge in [0.15, 0.2) is 17.5 Å². The van der Waals surface area contributed by atoms with Crippen LogP contribution in [0, 0.1) is 0 Å². The van der Waals surface area contributed by atoms with E-state index in [2.05, 4.69) is 200 Å². The Labute approximate surface area is 413 Å². The summed E-state index contributed by atoms with van der Waals surface area (Å²) in [5, 5.41) is 11.6. The van der Waals surface area contributed by atoms with Crippen molar-refractivity contribution in [3.8, 4) is 101 Å². The second kappa shape index (κ2) is 14.9. The van der Waals surface area contributed by atoms with Crippen molar-refractivity contribution in [2.75, 3.05) is 0 Å². The fourth-order valence-corrected chi connectivity index (χ4v) is 11.9. The number of nitrogens with zero attached hydrogens (tertiary/aromatic N) is 5. The zero-order chi connectivity index (χ0) is 47.0. The van der Waals surface area contributed by atoms with Crippen LogP contribution in [0.5, 0.6) is 0 Å². The topological polar surface area (TPSA) is 64.5 Å². The largest absolute Gasteiger partial charge is 0.256 e. The predicted octanol–water partition coefficient (Wildman–Crippen LogP) is 17.2. The van der Waals surface area contributed by atoms with Gasteiger partial charge in [-0.3, -0.25) is 9.97 Å². The molecule has 0 aliphatic heterocycles. The maximum absolute atomic E-state index is 5.45. The molecule has 3 aromatic heterocycles. The molecule has 14 aromatic rings. The SMILES string of the molecule is c1ccc2c(c1)-c1cccc3c(-c4cc(-c5nc(-c6ccc7cc8cccnc8cc7c6)nc(-c6ccc7cc8cccnc8cc7c6)n5)cc(-c5ccc6c7c(cccc57)-c5ccccc5-6)c4)ccc-2c13. The molecule has 2 aliphatic rings. The van der Waals surface area contributed by atoms with Crippen molar-refractivity contribution < 1.29 is 0 Å². The summed E-state index contributed by atoms with van der Waals surface area (Å²) < 4.78 is 0. The van der Waals surface area contributed by atoms with Gasteiger partial charge in [0.05, 0.1) is 11.0 Å². The molecule has 0 atom stereocenters. The van der Waals surface area contributed by atoms with Crippen molar-refractivity contribution >= 4 is 64.9 Å². The van der Waals surface area contributed by atoms with Crippen LogP contribution in [0.2, 0.25) is 0 Å². The first-order chi connectivity index (χ1) is 35.6. The van der Waals surface area contributed by atoms with Crippen LogP contribution in [-0.4, -0.2) is 24.9 Å². The minimum absolute atomic E-state index is 0.593. The molecule has 0 radical (unpaired) electrons. The Morgan fingerprint density at radius 2 is 0.625 bits per heavy atom. The molecule has 0 amide bonds. The summed E-state index contributed by atoms with van der Waals surface area (Å²) in [5.74, 6) is 1.78. The zero-order valence-corrected chi connectivity index (χ0v) is 38.6. The molecule has 72 heavy (non-hydrogen) atoms. The van der Waals surface area contributed by atoms with Crippen molar-refractivity contribution in [2.45, 2.75) is 0 Å². The van der Waals surface area contributed by atoms with Gasteiger partial charge in [0, 0.05) is 39.9 Å². The molecular weight excluding hydrogens is 875 g/mol. The molecule has 16 rings (SSSR count). The van der Waals surface area contributed by atoms with Gasteiger partial charge >= 0.3 is 0 Å². The molecule has 330 valence electrons. The van der Waals surface area contributed by atoms with Crippen LogP contribution in [0.4, 0.5) is 0 Å². The number of rotatable bonds is 5. The van der Waals surface area contributed by atoms with Crippen LogP contribution in [0.3, 0.4) is 0 Å². The van der Waals surface area contributed by atoms with Crippen molar-refractivity contribution in [2.24, 2.45) is 0 Å². The lowest BCUT2D eigenvalue weighted by Crippen LogP contribution is -2.01. The molecule has 0 bridgehead atoms. The highest BCUT2D eigenvalue weighted by Gasteiger charge is 2.26. The molecule has 0 unspecified atom stereocenters. The Morgan fingerprint density at radius 1 is 0.222 bits per heavy atom. The maximum atomic E-state index is 5.45. The number of fused-ring (bicyclic) bond motifs is 10. The van der Waals surface area contributed by atoms with Crippen molar-refractivity contribution in [1.82, 2.24) is 24.9 Å². The Bertz CT molecular complexity index is 4360. The Hall–Kier alpha value is -9.71. The monoisotopic (exact) mass is 911 g/mol. The zero-order valence-electron chi connectivity index (χ0n) is 38.6. The molecule has 0 saturated carbocycles. The quantitative estimate of drug-likeness (QED) is 0.161. The molecule has 5 nitrogen and oxygen atoms in total. The van der Waals surface area contributed by atoms with Crippen LogP contribution in [0.25, 0.3) is 166 Å². The van der Waals surface area contributed by atoms with Crippen molar-refractivity contribution in [3.63, 3.8) is 0 Å². The fraction of sp³-hybridized carbons (Fsp3) is 0. The highest BCUT2D eigenvalue weighted by molar-refractivity contribution is 6.20. The summed E-state index contributed by atoms with van der Waals surface area (Å²) >= 11 is 0. The summed E-state index contributed by atoms with van der Waals surface area (Å²) in [6, 6.07) is 77.0. The first kappa shape index (κ1) is 39.2. The van der Waals surface area contributed by atoms with Crippen LogP contribution >= 0.6 is 0 Å². The Morgan fingerprint density at radius 3 is 1.10 bits per heavy atom. The lowest BCUT2D eigenvalue weighted by molar-refractivity contribution is 1.08. The average molecular weight is 912 g/mol. The van der Waals surface area contributed by atoms with E-state index >= 15 is 0 Å². The van der Waals surface area contributed by atoms with Crippen LogP contribution in [0.1, 0.15) is 0 Å². The lowest BCUT2D eigenvalue weighted by Gasteiger charge is -2.16.